The summed E-state index contributed by atoms with van der Waals surface area (Å²) in [6.07, 6.45) is 10.3. The van der Waals surface area contributed by atoms with E-state index in [4.69, 9.17) is 21.1 Å². The fourth-order valence-electron chi connectivity index (χ4n) is 3.70. The van der Waals surface area contributed by atoms with Crippen LogP contribution in [-0.4, -0.2) is 67.5 Å². The Bertz CT molecular complexity index is 798. The topological polar surface area (TPSA) is 42.0 Å². The van der Waals surface area contributed by atoms with Crippen molar-refractivity contribution in [3.05, 3.63) is 58.3 Å². The lowest BCUT2D eigenvalue weighted by molar-refractivity contribution is -0.120. The van der Waals surface area contributed by atoms with E-state index >= 15 is 0 Å². The lowest BCUT2D eigenvalue weighted by atomic mass is 9.78. The Morgan fingerprint density at radius 3 is 2.77 bits per heavy atom. The maximum absolute atomic E-state index is 13.5. The molecule has 0 bridgehead atoms. The third kappa shape index (κ3) is 5.22. The summed E-state index contributed by atoms with van der Waals surface area (Å²) in [6, 6.07) is 0. The number of halogens is 1. The highest BCUT2D eigenvalue weighted by molar-refractivity contribution is 8.07. The molecule has 0 amide bonds. The number of hydrogen-bond acceptors (Lipinski definition) is 6. The van der Waals surface area contributed by atoms with E-state index in [2.05, 4.69) is 29.4 Å². The Morgan fingerprint density at radius 1 is 1.37 bits per heavy atom. The number of ether oxygens (including phenoxy) is 2. The molecule has 2 heterocycles. The van der Waals surface area contributed by atoms with Gasteiger partial charge in [0.05, 0.1) is 41.0 Å². The van der Waals surface area contributed by atoms with Gasteiger partial charge in [0.2, 0.25) is 0 Å². The number of alkyl halides is 1. The second kappa shape index (κ2) is 10.2. The fourth-order valence-corrected chi connectivity index (χ4v) is 5.08. The van der Waals surface area contributed by atoms with Crippen LogP contribution in [0.4, 0.5) is 0 Å². The second-order valence-corrected chi connectivity index (χ2v) is 9.46. The van der Waals surface area contributed by atoms with Crippen molar-refractivity contribution >= 4 is 29.1 Å². The molecule has 2 unspecified atom stereocenters. The predicted octanol–water partition coefficient (Wildman–Crippen LogP) is 4.30. The van der Waals surface area contributed by atoms with Gasteiger partial charge in [0.15, 0.2) is 5.78 Å². The molecule has 0 aromatic heterocycles. The smallest absolute Gasteiger partial charge is 0.180 e. The third-order valence-electron chi connectivity index (χ3n) is 5.84. The molecule has 3 aliphatic rings. The molecule has 164 valence electrons. The molecule has 0 spiro atoms. The quantitative estimate of drug-likeness (QED) is 0.562. The summed E-state index contributed by atoms with van der Waals surface area (Å²) in [5.74, 6) is 0.689. The molecule has 0 aromatic carbocycles. The highest BCUT2D eigenvalue weighted by atomic mass is 35.5. The van der Waals surface area contributed by atoms with E-state index < -0.39 is 10.8 Å². The minimum absolute atomic E-state index is 0.0115. The van der Waals surface area contributed by atoms with Crippen LogP contribution in [0.5, 0.6) is 0 Å². The lowest BCUT2D eigenvalue weighted by Gasteiger charge is -2.35. The molecular formula is C23H31ClN2O3S. The van der Waals surface area contributed by atoms with Gasteiger partial charge in [-0.2, -0.15) is 0 Å². The number of morpholine rings is 1. The molecule has 1 saturated heterocycles. The van der Waals surface area contributed by atoms with Crippen molar-refractivity contribution in [1.82, 2.24) is 9.80 Å². The molecule has 2 atom stereocenters. The van der Waals surface area contributed by atoms with Gasteiger partial charge in [0.1, 0.15) is 5.76 Å². The van der Waals surface area contributed by atoms with E-state index in [9.17, 15) is 4.79 Å². The van der Waals surface area contributed by atoms with Crippen molar-refractivity contribution in [2.45, 2.75) is 25.6 Å². The molecule has 5 nitrogen and oxygen atoms in total. The van der Waals surface area contributed by atoms with E-state index in [0.29, 0.717) is 17.1 Å². The molecule has 0 aromatic rings. The van der Waals surface area contributed by atoms with E-state index in [1.54, 1.807) is 13.2 Å². The van der Waals surface area contributed by atoms with E-state index in [-0.39, 0.29) is 5.78 Å². The molecule has 7 heteroatoms. The SMILES string of the molecule is C=C1SC(C(=O)C2(C)C=CC(OC)=CC2Cl)=CCC=C(C)N1CCN1CCOCC1. The van der Waals surface area contributed by atoms with Crippen molar-refractivity contribution in [3.63, 3.8) is 0 Å². The van der Waals surface area contributed by atoms with Crippen LogP contribution in [0.25, 0.3) is 0 Å². The van der Waals surface area contributed by atoms with E-state index in [1.807, 2.05) is 25.2 Å². The second-order valence-electron chi connectivity index (χ2n) is 7.87. The summed E-state index contributed by atoms with van der Waals surface area (Å²) < 4.78 is 10.7. The molecule has 0 N–H and O–H groups in total. The minimum Gasteiger partial charge on any atom is -0.497 e. The van der Waals surface area contributed by atoms with Crippen molar-refractivity contribution in [2.24, 2.45) is 5.41 Å². The first-order valence-electron chi connectivity index (χ1n) is 10.3. The Kier molecular flexibility index (Phi) is 7.91. The fraction of sp³-hybridized carbons (Fsp3) is 0.522. The van der Waals surface area contributed by atoms with Crippen LogP contribution < -0.4 is 0 Å². The summed E-state index contributed by atoms with van der Waals surface area (Å²) in [6.45, 7) is 13.5. The van der Waals surface area contributed by atoms with Crippen LogP contribution >= 0.6 is 23.4 Å². The molecule has 2 aliphatic heterocycles. The monoisotopic (exact) mass is 450 g/mol. The number of nitrogens with zero attached hydrogens (tertiary/aromatic N) is 2. The zero-order chi connectivity index (χ0) is 21.7. The van der Waals surface area contributed by atoms with Gasteiger partial charge in [-0.3, -0.25) is 9.69 Å². The van der Waals surface area contributed by atoms with Gasteiger partial charge >= 0.3 is 0 Å². The Labute approximate surface area is 189 Å². The molecule has 1 fully saturated rings. The molecule has 0 radical (unpaired) electrons. The normalized spacial score (nSPS) is 28.3. The average molecular weight is 451 g/mol. The molecule has 30 heavy (non-hydrogen) atoms. The Morgan fingerprint density at radius 2 is 2.10 bits per heavy atom. The minimum atomic E-state index is -0.820. The molecule has 0 saturated carbocycles. The summed E-state index contributed by atoms with van der Waals surface area (Å²) in [7, 11) is 1.60. The first kappa shape index (κ1) is 23.2. The lowest BCUT2D eigenvalue weighted by Crippen LogP contribution is -2.41. The zero-order valence-corrected chi connectivity index (χ0v) is 19.6. The number of Topliss-reactive ketones (excluding diaryl/α,β-unsaturated/α-hetero) is 1. The highest BCUT2D eigenvalue weighted by Gasteiger charge is 2.41. The standard InChI is InChI=1S/C23H31ClN2O3S/c1-17-6-5-7-20(22(27)23(3)9-8-19(28-4)16-21(23)24)30-18(2)26(17)11-10-25-12-14-29-15-13-25/h6-9,16,21H,2,5,10-15H2,1,3-4H3. The van der Waals surface area contributed by atoms with Gasteiger partial charge in [0, 0.05) is 31.9 Å². The Hall–Kier alpha value is -1.47. The van der Waals surface area contributed by atoms with Crippen molar-refractivity contribution in [2.75, 3.05) is 46.5 Å². The largest absolute Gasteiger partial charge is 0.497 e. The van der Waals surface area contributed by atoms with Crippen LogP contribution in [0.1, 0.15) is 20.3 Å². The summed E-state index contributed by atoms with van der Waals surface area (Å²) in [5.41, 5.74) is 0.342. The first-order valence-corrected chi connectivity index (χ1v) is 11.6. The van der Waals surface area contributed by atoms with Gasteiger partial charge in [-0.25, -0.2) is 0 Å². The van der Waals surface area contributed by atoms with Crippen molar-refractivity contribution < 1.29 is 14.3 Å². The van der Waals surface area contributed by atoms with Gasteiger partial charge in [-0.05, 0) is 32.4 Å². The number of rotatable bonds is 6. The van der Waals surface area contributed by atoms with Crippen LogP contribution in [0.2, 0.25) is 0 Å². The van der Waals surface area contributed by atoms with Crippen LogP contribution in [0, 0.1) is 5.41 Å². The number of thioether (sulfide) groups is 1. The van der Waals surface area contributed by atoms with E-state index in [0.717, 1.165) is 50.1 Å². The number of methoxy groups -OCH3 is 1. The third-order valence-corrected chi connectivity index (χ3v) is 7.45. The number of carbonyl (C=O) groups excluding carboxylic acids is 1. The zero-order valence-electron chi connectivity index (χ0n) is 18.0. The Balaban J connectivity index is 1.71. The van der Waals surface area contributed by atoms with Gasteiger partial charge in [0.25, 0.3) is 0 Å². The molecule has 1 aliphatic carbocycles. The molecule has 3 rings (SSSR count). The van der Waals surface area contributed by atoms with Gasteiger partial charge in [-0.15, -0.1) is 11.6 Å². The van der Waals surface area contributed by atoms with E-state index in [1.165, 1.54) is 11.8 Å². The number of hydrogen-bond donors (Lipinski definition) is 0. The van der Waals surface area contributed by atoms with Gasteiger partial charge < -0.3 is 14.4 Å². The number of carbonyl (C=O) groups is 1. The van der Waals surface area contributed by atoms with Crippen molar-refractivity contribution in [1.29, 1.82) is 0 Å². The van der Waals surface area contributed by atoms with Crippen LogP contribution in [0.3, 0.4) is 0 Å². The number of allylic oxidation sites excluding steroid dienone is 7. The van der Waals surface area contributed by atoms with Gasteiger partial charge in [-0.1, -0.05) is 36.6 Å². The predicted molar refractivity (Wildman–Crippen MR) is 124 cm³/mol. The first-order chi connectivity index (χ1) is 14.3. The van der Waals surface area contributed by atoms with Crippen molar-refractivity contribution in [3.8, 4) is 0 Å². The maximum Gasteiger partial charge on any atom is 0.180 e. The highest BCUT2D eigenvalue weighted by Crippen LogP contribution is 2.42. The summed E-state index contributed by atoms with van der Waals surface area (Å²) in [4.78, 5) is 18.8. The summed E-state index contributed by atoms with van der Waals surface area (Å²) in [5, 5.41) is 0.388. The van der Waals surface area contributed by atoms with Crippen LogP contribution in [-0.2, 0) is 14.3 Å². The molecular weight excluding hydrogens is 420 g/mol. The summed E-state index contributed by atoms with van der Waals surface area (Å²) >= 11 is 8.03. The average Bonchev–Trinajstić information content (AvgIpc) is 2.74. The van der Waals surface area contributed by atoms with Crippen LogP contribution in [0.15, 0.2) is 58.3 Å². The maximum atomic E-state index is 13.5. The number of ketones is 1.